The van der Waals surface area contributed by atoms with Crippen molar-refractivity contribution in [2.75, 3.05) is 0 Å². The maximum absolute atomic E-state index is 9.82. The average molecular weight is 494 g/mol. The summed E-state index contributed by atoms with van der Waals surface area (Å²) in [5.74, 6) is 1.09. The Morgan fingerprint density at radius 1 is 1.25 bits per heavy atom. The van der Waals surface area contributed by atoms with Gasteiger partial charge < -0.3 is 14.9 Å². The zero-order valence-electron chi connectivity index (χ0n) is 10.6. The summed E-state index contributed by atoms with van der Waals surface area (Å²) >= 11 is 1.89. The molecule has 20 heavy (non-hydrogen) atoms. The number of phenols is 1. The van der Waals surface area contributed by atoms with Gasteiger partial charge in [-0.1, -0.05) is 4.51 Å². The molecule has 0 bridgehead atoms. The number of aromatic amines is 1. The van der Waals surface area contributed by atoms with Gasteiger partial charge in [0.25, 0.3) is 0 Å². The predicted molar refractivity (Wildman–Crippen MR) is 99.8 cm³/mol. The molecule has 0 fully saturated rings. The third-order valence-electron chi connectivity index (χ3n) is 3.29. The van der Waals surface area contributed by atoms with Gasteiger partial charge in [0, 0.05) is 16.3 Å². The van der Waals surface area contributed by atoms with E-state index in [0.717, 1.165) is 36.7 Å². The van der Waals surface area contributed by atoms with E-state index in [1.54, 1.807) is 6.07 Å². The number of benzene rings is 2. The summed E-state index contributed by atoms with van der Waals surface area (Å²) in [5, 5.41) is 12.1. The van der Waals surface area contributed by atoms with Crippen LogP contribution in [-0.2, 0) is 0 Å². The molecule has 0 aliphatic heterocycles. The number of aryl methyl sites for hydroxylation is 1. The van der Waals surface area contributed by atoms with Crippen LogP contribution in [-0.4, -0.2) is 14.6 Å². The second-order valence-electron chi connectivity index (χ2n) is 4.37. The SMILES string of the molecule is C=INOc1ccc2c([nH]c3c(C)c(O)ccc32)c1I. The van der Waals surface area contributed by atoms with E-state index in [-0.39, 0.29) is 21.0 Å². The molecule has 0 unspecified atom stereocenters. The lowest BCUT2D eigenvalue weighted by Crippen LogP contribution is -2.05. The van der Waals surface area contributed by atoms with E-state index in [1.807, 2.05) is 25.1 Å². The van der Waals surface area contributed by atoms with Crippen LogP contribution in [0.3, 0.4) is 0 Å². The van der Waals surface area contributed by atoms with Crippen molar-refractivity contribution in [3.05, 3.63) is 33.4 Å². The normalized spacial score (nSPS) is 11.3. The summed E-state index contributed by atoms with van der Waals surface area (Å²) in [6.45, 7) is 1.91. The maximum atomic E-state index is 9.82. The molecule has 0 spiro atoms. The Balaban J connectivity index is 2.30. The first-order valence-electron chi connectivity index (χ1n) is 5.85. The van der Waals surface area contributed by atoms with Crippen LogP contribution in [0.2, 0.25) is 0 Å². The highest BCUT2D eigenvalue weighted by Crippen LogP contribution is 2.36. The van der Waals surface area contributed by atoms with Gasteiger partial charge in [-0.2, -0.15) is 0 Å². The number of rotatable bonds is 3. The number of aromatic hydroxyl groups is 1. The number of hydrogen-bond acceptors (Lipinski definition) is 3. The van der Waals surface area contributed by atoms with Gasteiger partial charge in [-0.3, -0.25) is 0 Å². The molecule has 6 heteroatoms. The van der Waals surface area contributed by atoms with Crippen molar-refractivity contribution in [2.45, 2.75) is 6.92 Å². The molecule has 2 aromatic carbocycles. The fourth-order valence-electron chi connectivity index (χ4n) is 2.26. The van der Waals surface area contributed by atoms with Crippen LogP contribution in [0, 0.1) is 10.5 Å². The molecule has 1 aromatic heterocycles. The second-order valence-corrected chi connectivity index (χ2v) is 6.65. The van der Waals surface area contributed by atoms with Crippen LogP contribution >= 0.6 is 43.6 Å². The van der Waals surface area contributed by atoms with Crippen molar-refractivity contribution in [3.63, 3.8) is 0 Å². The van der Waals surface area contributed by atoms with Gasteiger partial charge in [0.1, 0.15) is 5.75 Å². The summed E-state index contributed by atoms with van der Waals surface area (Å²) in [6.07, 6.45) is 0. The van der Waals surface area contributed by atoms with Gasteiger partial charge in [0.15, 0.2) is 5.75 Å². The molecule has 4 nitrogen and oxygen atoms in total. The number of H-pyrrole nitrogens is 1. The van der Waals surface area contributed by atoms with Gasteiger partial charge in [-0.15, -0.1) is 3.69 Å². The van der Waals surface area contributed by atoms with Gasteiger partial charge >= 0.3 is 0 Å². The lowest BCUT2D eigenvalue weighted by atomic mass is 10.1. The smallest absolute Gasteiger partial charge is 0.163 e. The van der Waals surface area contributed by atoms with Crippen molar-refractivity contribution >= 4 is 69.9 Å². The highest BCUT2D eigenvalue weighted by Gasteiger charge is 2.13. The fraction of sp³-hybridized carbons (Fsp3) is 0.0714. The summed E-state index contributed by atoms with van der Waals surface area (Å²) in [6, 6.07) is 7.65. The van der Waals surface area contributed by atoms with E-state index < -0.39 is 0 Å². The molecule has 0 saturated carbocycles. The van der Waals surface area contributed by atoms with E-state index in [4.69, 9.17) is 4.84 Å². The van der Waals surface area contributed by atoms with E-state index in [0.29, 0.717) is 5.75 Å². The number of aromatic nitrogens is 1. The van der Waals surface area contributed by atoms with E-state index in [2.05, 4.69) is 35.8 Å². The average Bonchev–Trinajstić information content (AvgIpc) is 2.83. The maximum Gasteiger partial charge on any atom is 0.163 e. The lowest BCUT2D eigenvalue weighted by Gasteiger charge is -2.05. The minimum absolute atomic E-state index is 0.305. The standard InChI is InChI=1S/C14H12I2N2O2/c1-7-10(19)5-3-8-9-4-6-11(20-18-16-2)12(15)14(9)17-13(7)8/h3-6,17-19H,2H2,1H3. The van der Waals surface area contributed by atoms with Gasteiger partial charge in [-0.05, 0) is 74.8 Å². The van der Waals surface area contributed by atoms with Crippen molar-refractivity contribution in [1.29, 1.82) is 0 Å². The summed E-state index contributed by atoms with van der Waals surface area (Å²) < 4.78 is 7.66. The van der Waals surface area contributed by atoms with Crippen LogP contribution in [0.25, 0.3) is 21.8 Å². The molecular formula is C14H12I2N2O2. The van der Waals surface area contributed by atoms with Crippen LogP contribution in [0.5, 0.6) is 11.5 Å². The fourth-order valence-corrected chi connectivity index (χ4v) is 3.37. The molecule has 0 atom stereocenters. The van der Waals surface area contributed by atoms with Crippen LogP contribution in [0.15, 0.2) is 24.3 Å². The zero-order chi connectivity index (χ0) is 14.3. The van der Waals surface area contributed by atoms with Crippen LogP contribution < -0.4 is 8.53 Å². The number of fused-ring (bicyclic) bond motifs is 3. The molecule has 0 amide bonds. The topological polar surface area (TPSA) is 57.3 Å². The quantitative estimate of drug-likeness (QED) is 0.292. The minimum atomic E-state index is -0.374. The molecule has 0 saturated heterocycles. The van der Waals surface area contributed by atoms with Crippen LogP contribution in [0.4, 0.5) is 0 Å². The first-order chi connectivity index (χ1) is 9.63. The third kappa shape index (κ3) is 2.19. The van der Waals surface area contributed by atoms with E-state index in [1.165, 1.54) is 0 Å². The van der Waals surface area contributed by atoms with Crippen molar-refractivity contribution < 1.29 is 9.94 Å². The number of nitrogens with one attached hydrogen (secondary N) is 2. The Hall–Kier alpha value is -0.870. The van der Waals surface area contributed by atoms with E-state index in [9.17, 15) is 5.11 Å². The largest absolute Gasteiger partial charge is 0.508 e. The third-order valence-corrected chi connectivity index (χ3v) is 4.89. The van der Waals surface area contributed by atoms with Crippen molar-refractivity contribution in [2.24, 2.45) is 0 Å². The van der Waals surface area contributed by atoms with Crippen molar-refractivity contribution in [1.82, 2.24) is 8.68 Å². The summed E-state index contributed by atoms with van der Waals surface area (Å²) in [5.41, 5.74) is 2.85. The molecule has 0 aliphatic rings. The number of phenolic OH excluding ortho intramolecular Hbond substituents is 1. The highest BCUT2D eigenvalue weighted by atomic mass is 127. The Kier molecular flexibility index (Phi) is 3.87. The predicted octanol–water partition coefficient (Wildman–Crippen LogP) is 4.14. The molecule has 3 aromatic rings. The Morgan fingerprint density at radius 3 is 2.70 bits per heavy atom. The highest BCUT2D eigenvalue weighted by molar-refractivity contribution is 14.2. The molecule has 0 aliphatic carbocycles. The molecule has 1 heterocycles. The van der Waals surface area contributed by atoms with Gasteiger partial charge in [0.05, 0.1) is 14.6 Å². The minimum Gasteiger partial charge on any atom is -0.508 e. The summed E-state index contributed by atoms with van der Waals surface area (Å²) in [7, 11) is 0. The molecular weight excluding hydrogens is 482 g/mol. The second kappa shape index (κ2) is 5.49. The monoisotopic (exact) mass is 494 g/mol. The molecule has 104 valence electrons. The zero-order valence-corrected chi connectivity index (χ0v) is 14.9. The van der Waals surface area contributed by atoms with Crippen molar-refractivity contribution in [3.8, 4) is 11.5 Å². The Morgan fingerprint density at radius 2 is 1.95 bits per heavy atom. The Bertz CT molecular complexity index is 827. The first kappa shape index (κ1) is 14.1. The first-order valence-corrected chi connectivity index (χ1v) is 9.53. The molecule has 0 radical (unpaired) electrons. The van der Waals surface area contributed by atoms with Gasteiger partial charge in [-0.25, -0.2) is 0 Å². The van der Waals surface area contributed by atoms with E-state index >= 15 is 0 Å². The Labute approximate surface area is 139 Å². The summed E-state index contributed by atoms with van der Waals surface area (Å²) in [4.78, 5) is 8.89. The van der Waals surface area contributed by atoms with Crippen LogP contribution in [0.1, 0.15) is 5.56 Å². The lowest BCUT2D eigenvalue weighted by molar-refractivity contribution is 0.299. The van der Waals surface area contributed by atoms with Gasteiger partial charge in [0.2, 0.25) is 0 Å². The molecule has 3 N–H and O–H groups in total. The number of hydrogen-bond donors (Lipinski definition) is 3. The number of halogens is 2. The molecule has 3 rings (SSSR count).